The average molecular weight is 283 g/mol. The lowest BCUT2D eigenvalue weighted by Crippen LogP contribution is -2.17. The summed E-state index contributed by atoms with van der Waals surface area (Å²) in [6, 6.07) is 7.57. The second kappa shape index (κ2) is 4.83. The quantitative estimate of drug-likeness (QED) is 0.834. The van der Waals surface area contributed by atoms with E-state index in [1.807, 2.05) is 45.0 Å². The Balaban J connectivity index is 3.13. The van der Waals surface area contributed by atoms with E-state index in [0.29, 0.717) is 5.57 Å². The van der Waals surface area contributed by atoms with Crippen molar-refractivity contribution in [2.24, 2.45) is 5.41 Å². The molecule has 1 aromatic carbocycles. The third-order valence-electron chi connectivity index (χ3n) is 2.22. The molecule has 0 saturated carbocycles. The van der Waals surface area contributed by atoms with E-state index in [1.165, 1.54) is 0 Å². The molecule has 0 fully saturated rings. The van der Waals surface area contributed by atoms with Crippen molar-refractivity contribution in [1.82, 2.24) is 0 Å². The standard InChI is InChI=1S/C13H15BrO2/c1-13(2,3)11(12(15)16)8-9-4-6-10(14)7-5-9/h4-8H,1-3H3,(H,15,16)/b11-8+. The third-order valence-corrected chi connectivity index (χ3v) is 2.75. The van der Waals surface area contributed by atoms with Gasteiger partial charge in [-0.05, 0) is 29.2 Å². The lowest BCUT2D eigenvalue weighted by atomic mass is 9.85. The molecule has 16 heavy (non-hydrogen) atoms. The SMILES string of the molecule is CC(C)(C)/C(=C/c1ccc(Br)cc1)C(=O)O. The zero-order chi connectivity index (χ0) is 12.3. The second-order valence-electron chi connectivity index (χ2n) is 4.66. The molecule has 0 unspecified atom stereocenters. The Hall–Kier alpha value is -1.09. The summed E-state index contributed by atoms with van der Waals surface area (Å²) in [6.07, 6.45) is 1.72. The minimum atomic E-state index is -0.865. The summed E-state index contributed by atoms with van der Waals surface area (Å²) in [5.74, 6) is -0.865. The summed E-state index contributed by atoms with van der Waals surface area (Å²) in [7, 11) is 0. The number of halogens is 1. The molecule has 0 aliphatic carbocycles. The number of carboxylic acids is 1. The molecular weight excluding hydrogens is 268 g/mol. The van der Waals surface area contributed by atoms with Gasteiger partial charge in [0.1, 0.15) is 0 Å². The molecule has 86 valence electrons. The van der Waals surface area contributed by atoms with Crippen LogP contribution in [0.15, 0.2) is 34.3 Å². The van der Waals surface area contributed by atoms with Gasteiger partial charge in [-0.1, -0.05) is 48.8 Å². The minimum absolute atomic E-state index is 0.362. The Morgan fingerprint density at radius 2 is 1.75 bits per heavy atom. The summed E-state index contributed by atoms with van der Waals surface area (Å²) in [6.45, 7) is 5.68. The van der Waals surface area contributed by atoms with Crippen LogP contribution in [0.25, 0.3) is 6.08 Å². The number of carboxylic acid groups (broad SMARTS) is 1. The molecule has 3 heteroatoms. The molecular formula is C13H15BrO2. The fourth-order valence-corrected chi connectivity index (χ4v) is 1.59. The minimum Gasteiger partial charge on any atom is -0.478 e. The molecule has 0 heterocycles. The largest absolute Gasteiger partial charge is 0.478 e. The molecule has 1 rings (SSSR count). The van der Waals surface area contributed by atoms with Crippen LogP contribution in [0.3, 0.4) is 0 Å². The molecule has 0 spiro atoms. The van der Waals surface area contributed by atoms with E-state index < -0.39 is 5.97 Å². The van der Waals surface area contributed by atoms with Crippen LogP contribution in [0.1, 0.15) is 26.3 Å². The first-order chi connectivity index (χ1) is 7.30. The van der Waals surface area contributed by atoms with Gasteiger partial charge in [0.25, 0.3) is 0 Å². The third kappa shape index (κ3) is 3.49. The van der Waals surface area contributed by atoms with Gasteiger partial charge in [-0.3, -0.25) is 0 Å². The molecule has 0 bridgehead atoms. The lowest BCUT2D eigenvalue weighted by Gasteiger charge is -2.19. The van der Waals surface area contributed by atoms with Crippen LogP contribution in [-0.2, 0) is 4.79 Å². The molecule has 0 saturated heterocycles. The summed E-state index contributed by atoms with van der Waals surface area (Å²) in [5, 5.41) is 9.15. The fraction of sp³-hybridized carbons (Fsp3) is 0.308. The smallest absolute Gasteiger partial charge is 0.332 e. The van der Waals surface area contributed by atoms with Crippen LogP contribution >= 0.6 is 15.9 Å². The lowest BCUT2D eigenvalue weighted by molar-refractivity contribution is -0.133. The molecule has 0 radical (unpaired) electrons. The van der Waals surface area contributed by atoms with Gasteiger partial charge in [0, 0.05) is 10.0 Å². The maximum Gasteiger partial charge on any atom is 0.332 e. The highest BCUT2D eigenvalue weighted by Gasteiger charge is 2.23. The molecule has 0 atom stereocenters. The average Bonchev–Trinajstić information content (AvgIpc) is 2.14. The first-order valence-corrected chi connectivity index (χ1v) is 5.81. The van der Waals surface area contributed by atoms with Gasteiger partial charge in [-0.25, -0.2) is 4.79 Å². The van der Waals surface area contributed by atoms with Gasteiger partial charge in [-0.2, -0.15) is 0 Å². The van der Waals surface area contributed by atoms with Crippen LogP contribution in [0, 0.1) is 5.41 Å². The normalized spacial score (nSPS) is 12.6. The van der Waals surface area contributed by atoms with E-state index in [-0.39, 0.29) is 5.41 Å². The molecule has 0 aliphatic heterocycles. The van der Waals surface area contributed by atoms with Crippen LogP contribution in [0.4, 0.5) is 0 Å². The molecule has 1 N–H and O–H groups in total. The predicted molar refractivity (Wildman–Crippen MR) is 69.2 cm³/mol. The molecule has 0 aliphatic rings. The van der Waals surface area contributed by atoms with Gasteiger partial charge < -0.3 is 5.11 Å². The van der Waals surface area contributed by atoms with Crippen LogP contribution in [0.2, 0.25) is 0 Å². The van der Waals surface area contributed by atoms with Gasteiger partial charge in [-0.15, -0.1) is 0 Å². The molecule has 2 nitrogen and oxygen atoms in total. The van der Waals surface area contributed by atoms with Crippen molar-refractivity contribution in [1.29, 1.82) is 0 Å². The van der Waals surface area contributed by atoms with E-state index in [2.05, 4.69) is 15.9 Å². The summed E-state index contributed by atoms with van der Waals surface area (Å²) in [5.41, 5.74) is 0.948. The van der Waals surface area contributed by atoms with Crippen molar-refractivity contribution in [3.8, 4) is 0 Å². The van der Waals surface area contributed by atoms with Crippen molar-refractivity contribution >= 4 is 28.0 Å². The Morgan fingerprint density at radius 3 is 2.12 bits per heavy atom. The van der Waals surface area contributed by atoms with E-state index in [9.17, 15) is 4.79 Å². The van der Waals surface area contributed by atoms with Gasteiger partial charge in [0.15, 0.2) is 0 Å². The molecule has 0 amide bonds. The molecule has 0 aromatic heterocycles. The summed E-state index contributed by atoms with van der Waals surface area (Å²) in [4.78, 5) is 11.1. The van der Waals surface area contributed by atoms with Crippen molar-refractivity contribution in [3.05, 3.63) is 39.9 Å². The number of hydrogen-bond donors (Lipinski definition) is 1. The van der Waals surface area contributed by atoms with E-state index in [1.54, 1.807) is 6.08 Å². The maximum absolute atomic E-state index is 11.1. The Bertz CT molecular complexity index is 411. The van der Waals surface area contributed by atoms with Gasteiger partial charge in [0.05, 0.1) is 0 Å². The summed E-state index contributed by atoms with van der Waals surface area (Å²) >= 11 is 3.34. The first kappa shape index (κ1) is 13.0. The van der Waals surface area contributed by atoms with Crippen LogP contribution in [-0.4, -0.2) is 11.1 Å². The fourth-order valence-electron chi connectivity index (χ4n) is 1.32. The maximum atomic E-state index is 11.1. The second-order valence-corrected chi connectivity index (χ2v) is 5.58. The Labute approximate surface area is 104 Å². The van der Waals surface area contributed by atoms with Crippen LogP contribution < -0.4 is 0 Å². The van der Waals surface area contributed by atoms with E-state index in [4.69, 9.17) is 5.11 Å². The van der Waals surface area contributed by atoms with E-state index >= 15 is 0 Å². The number of carbonyl (C=O) groups is 1. The van der Waals surface area contributed by atoms with Crippen molar-refractivity contribution in [2.45, 2.75) is 20.8 Å². The van der Waals surface area contributed by atoms with Gasteiger partial charge >= 0.3 is 5.97 Å². The summed E-state index contributed by atoms with van der Waals surface area (Å²) < 4.78 is 0.984. The Kier molecular flexibility index (Phi) is 3.92. The zero-order valence-electron chi connectivity index (χ0n) is 9.62. The van der Waals surface area contributed by atoms with Crippen molar-refractivity contribution < 1.29 is 9.90 Å². The zero-order valence-corrected chi connectivity index (χ0v) is 11.2. The number of benzene rings is 1. The number of aliphatic carboxylic acids is 1. The highest BCUT2D eigenvalue weighted by atomic mass is 79.9. The highest BCUT2D eigenvalue weighted by Crippen LogP contribution is 2.27. The molecule has 1 aromatic rings. The van der Waals surface area contributed by atoms with E-state index in [0.717, 1.165) is 10.0 Å². The Morgan fingerprint density at radius 1 is 1.25 bits per heavy atom. The van der Waals surface area contributed by atoms with Crippen LogP contribution in [0.5, 0.6) is 0 Å². The van der Waals surface area contributed by atoms with Gasteiger partial charge in [0.2, 0.25) is 0 Å². The first-order valence-electron chi connectivity index (χ1n) is 5.02. The monoisotopic (exact) mass is 282 g/mol. The topological polar surface area (TPSA) is 37.3 Å². The van der Waals surface area contributed by atoms with Crippen molar-refractivity contribution in [3.63, 3.8) is 0 Å². The number of hydrogen-bond acceptors (Lipinski definition) is 1. The highest BCUT2D eigenvalue weighted by molar-refractivity contribution is 9.10. The number of rotatable bonds is 2. The van der Waals surface area contributed by atoms with Crippen molar-refractivity contribution in [2.75, 3.05) is 0 Å². The predicted octanol–water partition coefficient (Wildman–Crippen LogP) is 3.96.